The molecule has 0 spiro atoms. The van der Waals surface area contributed by atoms with Crippen LogP contribution >= 0.6 is 0 Å². The van der Waals surface area contributed by atoms with Gasteiger partial charge in [-0.3, -0.25) is 9.59 Å². The largest absolute Gasteiger partial charge is 0.365 e. The number of morpholine rings is 1. The van der Waals surface area contributed by atoms with Crippen molar-refractivity contribution in [3.05, 3.63) is 35.4 Å². The zero-order valence-electron chi connectivity index (χ0n) is 17.4. The minimum atomic E-state index is -0.234. The van der Waals surface area contributed by atoms with Crippen LogP contribution in [0.15, 0.2) is 24.3 Å². The second kappa shape index (κ2) is 9.59. The van der Waals surface area contributed by atoms with Gasteiger partial charge in [-0.2, -0.15) is 5.26 Å². The molecule has 0 aromatic heterocycles. The van der Waals surface area contributed by atoms with Gasteiger partial charge in [0.15, 0.2) is 0 Å². The number of hydrogen-bond acceptors (Lipinski definition) is 5. The second-order valence-corrected chi connectivity index (χ2v) is 8.82. The van der Waals surface area contributed by atoms with Crippen LogP contribution in [0.5, 0.6) is 0 Å². The number of hydrogen-bond donors (Lipinski definition) is 1. The Balaban J connectivity index is 1.22. The maximum Gasteiger partial charge on any atom is 0.251 e. The van der Waals surface area contributed by atoms with Gasteiger partial charge in [0.1, 0.15) is 6.61 Å². The molecule has 7 nitrogen and oxygen atoms in total. The van der Waals surface area contributed by atoms with Gasteiger partial charge >= 0.3 is 0 Å². The Morgan fingerprint density at radius 3 is 2.67 bits per heavy atom. The second-order valence-electron chi connectivity index (χ2n) is 8.82. The molecule has 2 amide bonds. The van der Waals surface area contributed by atoms with Gasteiger partial charge in [0.05, 0.1) is 17.7 Å². The molecule has 0 bridgehead atoms. The van der Waals surface area contributed by atoms with Gasteiger partial charge in [-0.1, -0.05) is 6.07 Å². The first kappa shape index (κ1) is 20.8. The van der Waals surface area contributed by atoms with E-state index in [-0.39, 0.29) is 24.5 Å². The summed E-state index contributed by atoms with van der Waals surface area (Å²) in [6.07, 6.45) is 4.87. The Bertz CT molecular complexity index is 809. The fraction of sp³-hybridized carbons (Fsp3) is 0.609. The molecule has 1 saturated carbocycles. The van der Waals surface area contributed by atoms with Crippen LogP contribution in [0.3, 0.4) is 0 Å². The number of ether oxygens (including phenoxy) is 1. The number of nitrogens with zero attached hydrogens (tertiary/aromatic N) is 3. The minimum Gasteiger partial charge on any atom is -0.365 e. The number of nitrogens with one attached hydrogen (secondary N) is 1. The molecule has 30 heavy (non-hydrogen) atoms. The maximum atomic E-state index is 12.4. The van der Waals surface area contributed by atoms with Crippen molar-refractivity contribution in [1.29, 1.82) is 5.26 Å². The zero-order chi connectivity index (χ0) is 20.9. The topological polar surface area (TPSA) is 85.7 Å². The number of piperidine rings is 1. The summed E-state index contributed by atoms with van der Waals surface area (Å²) in [6.45, 7) is 5.25. The molecule has 2 heterocycles. The number of carbonyl (C=O) groups is 2. The lowest BCUT2D eigenvalue weighted by molar-refractivity contribution is -0.149. The first-order valence-corrected chi connectivity index (χ1v) is 11.0. The highest BCUT2D eigenvalue weighted by atomic mass is 16.5. The van der Waals surface area contributed by atoms with E-state index in [1.807, 2.05) is 11.0 Å². The summed E-state index contributed by atoms with van der Waals surface area (Å²) in [4.78, 5) is 29.2. The fourth-order valence-electron chi connectivity index (χ4n) is 4.35. The van der Waals surface area contributed by atoms with Crippen molar-refractivity contribution < 1.29 is 14.3 Å². The molecule has 1 N–H and O–H groups in total. The van der Waals surface area contributed by atoms with Gasteiger partial charge in [0, 0.05) is 31.7 Å². The molecular formula is C23H30N4O3. The van der Waals surface area contributed by atoms with E-state index in [2.05, 4.69) is 10.2 Å². The summed E-state index contributed by atoms with van der Waals surface area (Å²) >= 11 is 0. The van der Waals surface area contributed by atoms with E-state index in [0.29, 0.717) is 30.1 Å². The lowest BCUT2D eigenvalue weighted by Gasteiger charge is -2.38. The molecule has 2 saturated heterocycles. The molecule has 0 unspecified atom stereocenters. The van der Waals surface area contributed by atoms with Crippen molar-refractivity contribution in [2.24, 2.45) is 11.8 Å². The van der Waals surface area contributed by atoms with Crippen molar-refractivity contribution in [2.75, 3.05) is 45.9 Å². The number of benzene rings is 1. The Labute approximate surface area is 178 Å². The molecule has 4 rings (SSSR count). The molecule has 1 aromatic carbocycles. The zero-order valence-corrected chi connectivity index (χ0v) is 17.4. The first-order valence-electron chi connectivity index (χ1n) is 11.0. The highest BCUT2D eigenvalue weighted by Crippen LogP contribution is 2.31. The van der Waals surface area contributed by atoms with Gasteiger partial charge in [0.25, 0.3) is 5.91 Å². The summed E-state index contributed by atoms with van der Waals surface area (Å²) in [7, 11) is 0. The van der Waals surface area contributed by atoms with Gasteiger partial charge < -0.3 is 19.9 Å². The summed E-state index contributed by atoms with van der Waals surface area (Å²) in [5, 5.41) is 11.9. The van der Waals surface area contributed by atoms with E-state index < -0.39 is 0 Å². The predicted molar refractivity (Wildman–Crippen MR) is 112 cm³/mol. The third kappa shape index (κ3) is 5.59. The van der Waals surface area contributed by atoms with Gasteiger partial charge in [-0.15, -0.1) is 0 Å². The molecular weight excluding hydrogens is 380 g/mol. The molecule has 2 aliphatic heterocycles. The van der Waals surface area contributed by atoms with Crippen molar-refractivity contribution in [1.82, 2.24) is 15.1 Å². The smallest absolute Gasteiger partial charge is 0.251 e. The average Bonchev–Trinajstić information content (AvgIpc) is 3.59. The van der Waals surface area contributed by atoms with E-state index in [9.17, 15) is 9.59 Å². The average molecular weight is 411 g/mol. The highest BCUT2D eigenvalue weighted by Gasteiger charge is 2.31. The lowest BCUT2D eigenvalue weighted by Crippen LogP contribution is -2.52. The number of rotatable bonds is 7. The van der Waals surface area contributed by atoms with Crippen LogP contribution in [-0.2, 0) is 9.53 Å². The minimum absolute atomic E-state index is 0.0414. The summed E-state index contributed by atoms with van der Waals surface area (Å²) < 4.78 is 5.64. The van der Waals surface area contributed by atoms with Crippen molar-refractivity contribution >= 4 is 11.8 Å². The van der Waals surface area contributed by atoms with E-state index in [1.54, 1.807) is 24.3 Å². The lowest BCUT2D eigenvalue weighted by atomic mass is 9.95. The standard InChI is InChI=1S/C23H30N4O3/c24-11-19-2-1-3-20(10-19)23(29)25-12-21-15-27(22(28)16-30-21)14-18-6-8-26(9-7-18)13-17-4-5-17/h1-3,10,17-18,21H,4-9,12-16H2,(H,25,29)/t21-/m0/s1. The third-order valence-electron chi connectivity index (χ3n) is 6.36. The van der Waals surface area contributed by atoms with Crippen molar-refractivity contribution in [3.8, 4) is 6.07 Å². The number of nitriles is 1. The van der Waals surface area contributed by atoms with Crippen LogP contribution in [0.25, 0.3) is 0 Å². The van der Waals surface area contributed by atoms with E-state index >= 15 is 0 Å². The van der Waals surface area contributed by atoms with E-state index in [4.69, 9.17) is 10.00 Å². The van der Waals surface area contributed by atoms with Crippen LogP contribution in [0, 0.1) is 23.2 Å². The molecule has 1 aromatic rings. The predicted octanol–water partition coefficient (Wildman–Crippen LogP) is 1.64. The Morgan fingerprint density at radius 1 is 1.17 bits per heavy atom. The van der Waals surface area contributed by atoms with E-state index in [0.717, 1.165) is 38.4 Å². The molecule has 1 aliphatic carbocycles. The molecule has 3 aliphatic rings. The number of amides is 2. The normalized spacial score (nSPS) is 23.2. The van der Waals surface area contributed by atoms with Crippen LogP contribution in [0.4, 0.5) is 0 Å². The summed E-state index contributed by atoms with van der Waals surface area (Å²) in [5.74, 6) is 1.29. The van der Waals surface area contributed by atoms with Crippen LogP contribution in [-0.4, -0.2) is 73.6 Å². The molecule has 1 atom stereocenters. The maximum absolute atomic E-state index is 12.4. The number of likely N-dealkylation sites (tertiary alicyclic amines) is 1. The number of carbonyl (C=O) groups excluding carboxylic acids is 2. The van der Waals surface area contributed by atoms with Gasteiger partial charge in [0.2, 0.25) is 5.91 Å². The molecule has 3 fully saturated rings. The van der Waals surface area contributed by atoms with Crippen molar-refractivity contribution in [2.45, 2.75) is 31.8 Å². The third-order valence-corrected chi connectivity index (χ3v) is 6.36. The monoisotopic (exact) mass is 410 g/mol. The molecule has 160 valence electrons. The summed E-state index contributed by atoms with van der Waals surface area (Å²) in [5.41, 5.74) is 0.910. The van der Waals surface area contributed by atoms with Crippen LogP contribution in [0.2, 0.25) is 0 Å². The van der Waals surface area contributed by atoms with Gasteiger partial charge in [-0.05, 0) is 68.8 Å². The van der Waals surface area contributed by atoms with Crippen molar-refractivity contribution in [3.63, 3.8) is 0 Å². The van der Waals surface area contributed by atoms with Crippen LogP contribution in [0.1, 0.15) is 41.6 Å². The molecule has 0 radical (unpaired) electrons. The fourth-order valence-corrected chi connectivity index (χ4v) is 4.35. The molecule has 7 heteroatoms. The van der Waals surface area contributed by atoms with Gasteiger partial charge in [-0.25, -0.2) is 0 Å². The Kier molecular flexibility index (Phi) is 6.66. The van der Waals surface area contributed by atoms with Crippen LogP contribution < -0.4 is 5.32 Å². The van der Waals surface area contributed by atoms with E-state index in [1.165, 1.54) is 19.4 Å². The first-order chi connectivity index (χ1) is 14.6. The highest BCUT2D eigenvalue weighted by molar-refractivity contribution is 5.94. The Morgan fingerprint density at radius 2 is 1.93 bits per heavy atom. The Hall–Kier alpha value is -2.43. The summed E-state index contributed by atoms with van der Waals surface area (Å²) in [6, 6.07) is 8.66. The quantitative estimate of drug-likeness (QED) is 0.739. The SMILES string of the molecule is N#Cc1cccc(C(=O)NC[C@H]2CN(CC3CCN(CC4CC4)CC3)C(=O)CO2)c1.